The fourth-order valence-electron chi connectivity index (χ4n) is 5.92. The SMILES string of the molecule is COCCOCCN1CC[C@]23C(=O)N(CC(=O)N(C)CCCOc4cccc(c4)[C@H]12)c1ccccc13. The minimum atomic E-state index is -0.773. The van der Waals surface area contributed by atoms with E-state index in [-0.39, 0.29) is 24.4 Å². The van der Waals surface area contributed by atoms with Crippen molar-refractivity contribution in [2.45, 2.75) is 24.3 Å². The Bertz CT molecular complexity index is 1110. The summed E-state index contributed by atoms with van der Waals surface area (Å²) in [6.45, 7) is 4.23. The Kier molecular flexibility index (Phi) is 7.27. The van der Waals surface area contributed by atoms with Crippen LogP contribution in [-0.4, -0.2) is 88.4 Å². The van der Waals surface area contributed by atoms with Gasteiger partial charge in [0.05, 0.1) is 37.9 Å². The summed E-state index contributed by atoms with van der Waals surface area (Å²) in [4.78, 5) is 33.3. The Labute approximate surface area is 212 Å². The van der Waals surface area contributed by atoms with Crippen LogP contribution in [0.2, 0.25) is 0 Å². The van der Waals surface area contributed by atoms with E-state index in [1.54, 1.807) is 24.0 Å². The predicted molar refractivity (Wildman–Crippen MR) is 136 cm³/mol. The fraction of sp³-hybridized carbons (Fsp3) is 0.500. The number of fused-ring (bicyclic) bond motifs is 6. The largest absolute Gasteiger partial charge is 0.494 e. The topological polar surface area (TPSA) is 71.6 Å². The summed E-state index contributed by atoms with van der Waals surface area (Å²) >= 11 is 0. The molecule has 5 rings (SSSR count). The number of hydrogen-bond donors (Lipinski definition) is 0. The molecule has 0 aromatic heterocycles. The first-order valence-electron chi connectivity index (χ1n) is 12.7. The first-order chi connectivity index (χ1) is 17.6. The number of methoxy groups -OCH3 is 1. The lowest BCUT2D eigenvalue weighted by atomic mass is 9.72. The van der Waals surface area contributed by atoms with Crippen molar-refractivity contribution in [1.82, 2.24) is 9.80 Å². The lowest BCUT2D eigenvalue weighted by molar-refractivity contribution is -0.131. The average Bonchev–Trinajstić information content (AvgIpc) is 3.38. The minimum Gasteiger partial charge on any atom is -0.494 e. The number of hydrogen-bond acceptors (Lipinski definition) is 6. The van der Waals surface area contributed by atoms with Gasteiger partial charge in [0.15, 0.2) is 0 Å². The van der Waals surface area contributed by atoms with Crippen molar-refractivity contribution in [3.8, 4) is 5.75 Å². The molecule has 3 aliphatic rings. The maximum Gasteiger partial charge on any atom is 0.242 e. The normalized spacial score (nSPS) is 24.3. The molecule has 0 unspecified atom stereocenters. The summed E-state index contributed by atoms with van der Waals surface area (Å²) in [5, 5.41) is 0. The maximum absolute atomic E-state index is 14.4. The van der Waals surface area contributed by atoms with Crippen LogP contribution in [0.3, 0.4) is 0 Å². The number of anilines is 1. The van der Waals surface area contributed by atoms with Crippen molar-refractivity contribution in [3.63, 3.8) is 0 Å². The van der Waals surface area contributed by atoms with E-state index in [4.69, 9.17) is 14.2 Å². The number of likely N-dealkylation sites (N-methyl/N-ethyl adjacent to an activating group) is 1. The van der Waals surface area contributed by atoms with E-state index in [9.17, 15) is 9.59 Å². The van der Waals surface area contributed by atoms with Crippen molar-refractivity contribution in [1.29, 1.82) is 0 Å². The molecule has 4 bridgehead atoms. The zero-order valence-electron chi connectivity index (χ0n) is 21.2. The number of ether oxygens (including phenoxy) is 3. The van der Waals surface area contributed by atoms with Gasteiger partial charge in [0.2, 0.25) is 11.8 Å². The van der Waals surface area contributed by atoms with Crippen LogP contribution in [0, 0.1) is 0 Å². The van der Waals surface area contributed by atoms with Gasteiger partial charge in [-0.1, -0.05) is 30.3 Å². The van der Waals surface area contributed by atoms with Crippen LogP contribution >= 0.6 is 0 Å². The Morgan fingerprint density at radius 1 is 1.06 bits per heavy atom. The van der Waals surface area contributed by atoms with Crippen LogP contribution in [0.1, 0.15) is 30.0 Å². The fourth-order valence-corrected chi connectivity index (χ4v) is 5.92. The third kappa shape index (κ3) is 4.38. The van der Waals surface area contributed by atoms with Crippen molar-refractivity contribution in [2.75, 3.05) is 71.7 Å². The second-order valence-corrected chi connectivity index (χ2v) is 9.76. The van der Waals surface area contributed by atoms with Gasteiger partial charge < -0.3 is 24.0 Å². The van der Waals surface area contributed by atoms with Crippen LogP contribution < -0.4 is 9.64 Å². The predicted octanol–water partition coefficient (Wildman–Crippen LogP) is 2.62. The van der Waals surface area contributed by atoms with Crippen LogP contribution in [0.5, 0.6) is 5.75 Å². The summed E-state index contributed by atoms with van der Waals surface area (Å²) in [6, 6.07) is 15.9. The molecule has 2 aromatic carbocycles. The van der Waals surface area contributed by atoms with E-state index >= 15 is 0 Å². The molecule has 0 radical (unpaired) electrons. The molecule has 2 atom stereocenters. The lowest BCUT2D eigenvalue weighted by Gasteiger charge is -2.35. The highest BCUT2D eigenvalue weighted by atomic mass is 16.5. The van der Waals surface area contributed by atoms with Crippen LogP contribution in [0.4, 0.5) is 5.69 Å². The number of benzene rings is 2. The molecule has 8 nitrogen and oxygen atoms in total. The zero-order chi connectivity index (χ0) is 25.1. The molecule has 2 amide bonds. The third-order valence-electron chi connectivity index (χ3n) is 7.68. The van der Waals surface area contributed by atoms with Crippen molar-refractivity contribution >= 4 is 17.5 Å². The number of nitrogens with zero attached hydrogens (tertiary/aromatic N) is 3. The van der Waals surface area contributed by atoms with Crippen molar-refractivity contribution in [2.24, 2.45) is 0 Å². The Morgan fingerprint density at radius 2 is 1.92 bits per heavy atom. The highest BCUT2D eigenvalue weighted by Crippen LogP contribution is 2.56. The molecule has 2 aromatic rings. The highest BCUT2D eigenvalue weighted by molar-refractivity contribution is 6.11. The number of carbonyl (C=O) groups excluding carboxylic acids is 2. The van der Waals surface area contributed by atoms with Gasteiger partial charge in [-0.25, -0.2) is 0 Å². The van der Waals surface area contributed by atoms with Gasteiger partial charge in [0, 0.05) is 39.5 Å². The van der Waals surface area contributed by atoms with E-state index in [2.05, 4.69) is 23.1 Å². The second kappa shape index (κ2) is 10.6. The van der Waals surface area contributed by atoms with E-state index in [0.29, 0.717) is 45.9 Å². The number of amides is 2. The third-order valence-corrected chi connectivity index (χ3v) is 7.68. The van der Waals surface area contributed by atoms with Gasteiger partial charge in [0.1, 0.15) is 12.3 Å². The molecule has 192 valence electrons. The van der Waals surface area contributed by atoms with Crippen LogP contribution in [0.15, 0.2) is 48.5 Å². The van der Waals surface area contributed by atoms with Crippen molar-refractivity contribution < 1.29 is 23.8 Å². The highest BCUT2D eigenvalue weighted by Gasteiger charge is 2.60. The van der Waals surface area contributed by atoms with Gasteiger partial charge in [-0.3, -0.25) is 14.5 Å². The van der Waals surface area contributed by atoms with Gasteiger partial charge in [-0.2, -0.15) is 0 Å². The second-order valence-electron chi connectivity index (χ2n) is 9.76. The summed E-state index contributed by atoms with van der Waals surface area (Å²) < 4.78 is 17.0. The number of rotatable bonds is 6. The smallest absolute Gasteiger partial charge is 0.242 e. The number of para-hydroxylation sites is 1. The Hall–Kier alpha value is -2.94. The standard InChI is InChI=1S/C28H35N3O5/c1-29-12-6-15-36-22-8-5-7-21(19-22)26-28(11-13-30(26)14-16-35-18-17-34-2)23-9-3-4-10-24(23)31(27(28)33)20-25(29)32/h3-5,7-10,19,26H,6,11-18,20H2,1-2H3/t26-,28+/m0/s1. The first-order valence-corrected chi connectivity index (χ1v) is 12.7. The molecule has 1 saturated heterocycles. The lowest BCUT2D eigenvalue weighted by Crippen LogP contribution is -2.48. The molecule has 0 N–H and O–H groups in total. The van der Waals surface area contributed by atoms with E-state index in [0.717, 1.165) is 35.5 Å². The quantitative estimate of drug-likeness (QED) is 0.577. The summed E-state index contributed by atoms with van der Waals surface area (Å²) in [5.74, 6) is 0.720. The molecular weight excluding hydrogens is 458 g/mol. The molecule has 1 fully saturated rings. The van der Waals surface area contributed by atoms with Crippen LogP contribution in [0.25, 0.3) is 0 Å². The molecule has 36 heavy (non-hydrogen) atoms. The zero-order valence-corrected chi connectivity index (χ0v) is 21.2. The summed E-state index contributed by atoms with van der Waals surface area (Å²) in [7, 11) is 3.45. The van der Waals surface area contributed by atoms with Crippen LogP contribution in [-0.2, 0) is 24.5 Å². The molecular formula is C28H35N3O5. The van der Waals surface area contributed by atoms with E-state index in [1.165, 1.54) is 0 Å². The Balaban J connectivity index is 1.58. The molecule has 0 aliphatic carbocycles. The summed E-state index contributed by atoms with van der Waals surface area (Å²) in [5.41, 5.74) is 2.12. The van der Waals surface area contributed by atoms with E-state index in [1.807, 2.05) is 30.3 Å². The molecule has 3 heterocycles. The van der Waals surface area contributed by atoms with Crippen molar-refractivity contribution in [3.05, 3.63) is 59.7 Å². The average molecular weight is 494 g/mol. The number of likely N-dealkylation sites (tertiary alicyclic amines) is 1. The Morgan fingerprint density at radius 3 is 2.78 bits per heavy atom. The maximum atomic E-state index is 14.4. The molecule has 0 saturated carbocycles. The monoisotopic (exact) mass is 493 g/mol. The number of carbonyl (C=O) groups is 2. The van der Waals surface area contributed by atoms with Gasteiger partial charge in [-0.05, 0) is 42.2 Å². The van der Waals surface area contributed by atoms with Gasteiger partial charge in [0.25, 0.3) is 0 Å². The molecule has 3 aliphatic heterocycles. The first kappa shape index (κ1) is 24.7. The van der Waals surface area contributed by atoms with Gasteiger partial charge >= 0.3 is 0 Å². The van der Waals surface area contributed by atoms with Gasteiger partial charge in [-0.15, -0.1) is 0 Å². The summed E-state index contributed by atoms with van der Waals surface area (Å²) in [6.07, 6.45) is 1.40. The molecule has 8 heteroatoms. The van der Waals surface area contributed by atoms with E-state index < -0.39 is 5.41 Å². The minimum absolute atomic E-state index is 0.00151. The molecule has 1 spiro atoms.